The van der Waals surface area contributed by atoms with E-state index in [0.29, 0.717) is 19.1 Å². The van der Waals surface area contributed by atoms with Crippen molar-refractivity contribution in [2.45, 2.75) is 20.8 Å². The number of amides is 1. The van der Waals surface area contributed by atoms with Gasteiger partial charge in [0.25, 0.3) is 0 Å². The van der Waals surface area contributed by atoms with Gasteiger partial charge in [0.15, 0.2) is 0 Å². The highest BCUT2D eigenvalue weighted by Gasteiger charge is 2.24. The second-order valence-corrected chi connectivity index (χ2v) is 4.11. The van der Waals surface area contributed by atoms with E-state index in [-0.39, 0.29) is 11.8 Å². The predicted molar refractivity (Wildman–Crippen MR) is 60.5 cm³/mol. The molecular weight excluding hydrogens is 190 g/mol. The maximum atomic E-state index is 12.1. The Kier molecular flexibility index (Phi) is 4.82. The number of hydrogen-bond donors (Lipinski definition) is 0. The number of rotatable bonds is 3. The number of nitrogens with zero attached hydrogens (tertiary/aromatic N) is 1. The standard InChI is InChI=1S/C12H21NO2/c1-4-5-10(2)11(3)12(14)13-6-8-15-9-7-13/h4-5,10-11H,6-9H2,1-3H3/t10?,11-/m0/s1. The summed E-state index contributed by atoms with van der Waals surface area (Å²) in [6.07, 6.45) is 4.09. The maximum absolute atomic E-state index is 12.1. The van der Waals surface area contributed by atoms with Crippen LogP contribution in [0.1, 0.15) is 20.8 Å². The first-order valence-corrected chi connectivity index (χ1v) is 5.66. The van der Waals surface area contributed by atoms with E-state index in [9.17, 15) is 4.79 Å². The van der Waals surface area contributed by atoms with Gasteiger partial charge in [-0.25, -0.2) is 0 Å². The van der Waals surface area contributed by atoms with Crippen LogP contribution >= 0.6 is 0 Å². The number of ether oxygens (including phenoxy) is 1. The van der Waals surface area contributed by atoms with Crippen molar-refractivity contribution in [3.8, 4) is 0 Å². The molecule has 3 heteroatoms. The minimum Gasteiger partial charge on any atom is -0.378 e. The van der Waals surface area contributed by atoms with Crippen LogP contribution < -0.4 is 0 Å². The van der Waals surface area contributed by atoms with E-state index >= 15 is 0 Å². The van der Waals surface area contributed by atoms with Crippen molar-refractivity contribution in [1.82, 2.24) is 4.90 Å². The molecule has 1 saturated heterocycles. The number of hydrogen-bond acceptors (Lipinski definition) is 2. The smallest absolute Gasteiger partial charge is 0.226 e. The summed E-state index contributed by atoms with van der Waals surface area (Å²) in [4.78, 5) is 14.0. The van der Waals surface area contributed by atoms with Crippen LogP contribution in [0.3, 0.4) is 0 Å². The Balaban J connectivity index is 2.50. The Bertz CT molecular complexity index is 232. The summed E-state index contributed by atoms with van der Waals surface area (Å²) in [5, 5.41) is 0. The van der Waals surface area contributed by atoms with Gasteiger partial charge < -0.3 is 9.64 Å². The van der Waals surface area contributed by atoms with Crippen molar-refractivity contribution in [3.63, 3.8) is 0 Å². The van der Waals surface area contributed by atoms with E-state index < -0.39 is 0 Å². The highest BCUT2D eigenvalue weighted by Crippen LogP contribution is 2.16. The predicted octanol–water partition coefficient (Wildman–Crippen LogP) is 1.69. The second-order valence-electron chi connectivity index (χ2n) is 4.11. The van der Waals surface area contributed by atoms with Gasteiger partial charge in [0.1, 0.15) is 0 Å². The molecule has 2 atom stereocenters. The molecule has 1 heterocycles. The molecule has 1 aliphatic rings. The Morgan fingerprint density at radius 1 is 1.33 bits per heavy atom. The monoisotopic (exact) mass is 211 g/mol. The van der Waals surface area contributed by atoms with E-state index in [2.05, 4.69) is 13.0 Å². The zero-order valence-corrected chi connectivity index (χ0v) is 9.90. The topological polar surface area (TPSA) is 29.5 Å². The molecule has 0 bridgehead atoms. The third-order valence-corrected chi connectivity index (χ3v) is 3.00. The van der Waals surface area contributed by atoms with Gasteiger partial charge in [0.05, 0.1) is 13.2 Å². The van der Waals surface area contributed by atoms with E-state index in [4.69, 9.17) is 4.74 Å². The zero-order valence-electron chi connectivity index (χ0n) is 9.90. The molecule has 1 unspecified atom stereocenters. The third kappa shape index (κ3) is 3.34. The molecule has 3 nitrogen and oxygen atoms in total. The Labute approximate surface area is 92.1 Å². The van der Waals surface area contributed by atoms with Crippen molar-refractivity contribution >= 4 is 5.91 Å². The SMILES string of the molecule is CC=CC(C)[C@H](C)C(=O)N1CCOCC1. The molecule has 15 heavy (non-hydrogen) atoms. The van der Waals surface area contributed by atoms with E-state index in [1.54, 1.807) is 0 Å². The fourth-order valence-electron chi connectivity index (χ4n) is 1.77. The van der Waals surface area contributed by atoms with Crippen molar-refractivity contribution in [3.05, 3.63) is 12.2 Å². The molecule has 0 radical (unpaired) electrons. The van der Waals surface area contributed by atoms with Crippen LogP contribution in [0.4, 0.5) is 0 Å². The number of allylic oxidation sites excluding steroid dienone is 2. The van der Waals surface area contributed by atoms with Crippen molar-refractivity contribution < 1.29 is 9.53 Å². The Hall–Kier alpha value is -0.830. The Morgan fingerprint density at radius 2 is 1.93 bits per heavy atom. The third-order valence-electron chi connectivity index (χ3n) is 3.00. The van der Waals surface area contributed by atoms with Crippen LogP contribution in [0.2, 0.25) is 0 Å². The number of carbonyl (C=O) groups excluding carboxylic acids is 1. The van der Waals surface area contributed by atoms with Gasteiger partial charge >= 0.3 is 0 Å². The zero-order chi connectivity index (χ0) is 11.3. The largest absolute Gasteiger partial charge is 0.378 e. The van der Waals surface area contributed by atoms with Crippen LogP contribution in [0.5, 0.6) is 0 Å². The fourth-order valence-corrected chi connectivity index (χ4v) is 1.77. The average molecular weight is 211 g/mol. The summed E-state index contributed by atoms with van der Waals surface area (Å²) in [7, 11) is 0. The fraction of sp³-hybridized carbons (Fsp3) is 0.750. The highest BCUT2D eigenvalue weighted by molar-refractivity contribution is 5.79. The molecule has 1 rings (SSSR count). The molecule has 0 N–H and O–H groups in total. The second kappa shape index (κ2) is 5.91. The van der Waals surface area contributed by atoms with E-state index in [0.717, 1.165) is 13.1 Å². The summed E-state index contributed by atoms with van der Waals surface area (Å²) in [5.41, 5.74) is 0. The molecule has 0 saturated carbocycles. The van der Waals surface area contributed by atoms with Gasteiger partial charge in [-0.15, -0.1) is 0 Å². The van der Waals surface area contributed by atoms with Crippen molar-refractivity contribution in [1.29, 1.82) is 0 Å². The van der Waals surface area contributed by atoms with Crippen LogP contribution in [0.25, 0.3) is 0 Å². The first-order chi connectivity index (χ1) is 7.16. The quantitative estimate of drug-likeness (QED) is 0.665. The minimum absolute atomic E-state index is 0.0688. The van der Waals surface area contributed by atoms with E-state index in [1.807, 2.05) is 24.8 Å². The number of morpholine rings is 1. The van der Waals surface area contributed by atoms with E-state index in [1.165, 1.54) is 0 Å². The molecule has 0 aromatic heterocycles. The number of carbonyl (C=O) groups is 1. The van der Waals surface area contributed by atoms with Gasteiger partial charge in [0, 0.05) is 19.0 Å². The lowest BCUT2D eigenvalue weighted by Crippen LogP contribution is -2.44. The first-order valence-electron chi connectivity index (χ1n) is 5.66. The summed E-state index contributed by atoms with van der Waals surface area (Å²) in [5.74, 6) is 0.633. The molecule has 0 aliphatic carbocycles. The summed E-state index contributed by atoms with van der Waals surface area (Å²) >= 11 is 0. The lowest BCUT2D eigenvalue weighted by molar-refractivity contribution is -0.140. The van der Waals surface area contributed by atoms with Crippen LogP contribution in [-0.4, -0.2) is 37.1 Å². The molecule has 1 amide bonds. The molecule has 1 aliphatic heterocycles. The summed E-state index contributed by atoms with van der Waals surface area (Å²) < 4.78 is 5.23. The average Bonchev–Trinajstić information content (AvgIpc) is 2.28. The van der Waals surface area contributed by atoms with Gasteiger partial charge in [0.2, 0.25) is 5.91 Å². The van der Waals surface area contributed by atoms with Gasteiger partial charge in [-0.05, 0) is 12.8 Å². The molecular formula is C12H21NO2. The Morgan fingerprint density at radius 3 is 2.47 bits per heavy atom. The van der Waals surface area contributed by atoms with Crippen molar-refractivity contribution in [2.75, 3.05) is 26.3 Å². The molecule has 0 aromatic rings. The highest BCUT2D eigenvalue weighted by atomic mass is 16.5. The van der Waals surface area contributed by atoms with Crippen LogP contribution in [0.15, 0.2) is 12.2 Å². The lowest BCUT2D eigenvalue weighted by atomic mass is 9.94. The normalized spacial score (nSPS) is 21.7. The van der Waals surface area contributed by atoms with Crippen molar-refractivity contribution in [2.24, 2.45) is 11.8 Å². The maximum Gasteiger partial charge on any atom is 0.226 e. The molecule has 1 fully saturated rings. The summed E-state index contributed by atoms with van der Waals surface area (Å²) in [6.45, 7) is 8.91. The van der Waals surface area contributed by atoms with Crippen LogP contribution in [0, 0.1) is 11.8 Å². The minimum atomic E-state index is 0.0688. The summed E-state index contributed by atoms with van der Waals surface area (Å²) in [6, 6.07) is 0. The van der Waals surface area contributed by atoms with Crippen LogP contribution in [-0.2, 0) is 9.53 Å². The first kappa shape index (κ1) is 12.2. The molecule has 0 spiro atoms. The molecule has 0 aromatic carbocycles. The van der Waals surface area contributed by atoms with Gasteiger partial charge in [-0.2, -0.15) is 0 Å². The van der Waals surface area contributed by atoms with Gasteiger partial charge in [-0.3, -0.25) is 4.79 Å². The molecule has 86 valence electrons. The lowest BCUT2D eigenvalue weighted by Gasteiger charge is -2.30. The van der Waals surface area contributed by atoms with Gasteiger partial charge in [-0.1, -0.05) is 26.0 Å².